The average Bonchev–Trinajstić information content (AvgIpc) is 3.03. The van der Waals surface area contributed by atoms with Crippen LogP contribution >= 0.6 is 15.8 Å². The van der Waals surface area contributed by atoms with Crippen molar-refractivity contribution in [2.24, 2.45) is 0 Å². The molecule has 437 valence electrons. The minimum absolute atomic E-state index is 0. The summed E-state index contributed by atoms with van der Waals surface area (Å²) in [6.45, 7) is 76.3. The topological polar surface area (TPSA) is 83.1 Å². The Morgan fingerprint density at radius 2 is 0.571 bits per heavy atom. The summed E-state index contributed by atoms with van der Waals surface area (Å²) < 4.78 is 46.7. The predicted octanol–water partition coefficient (Wildman–Crippen LogP) is 8.34. The van der Waals surface area contributed by atoms with Crippen molar-refractivity contribution in [3.8, 4) is 0 Å². The zero-order valence-electron chi connectivity index (χ0n) is 52.4. The fraction of sp³-hybridized carbons (Fsp3) is 0.820. The summed E-state index contributed by atoms with van der Waals surface area (Å²) in [5, 5.41) is 2.17. The van der Waals surface area contributed by atoms with E-state index in [0.717, 1.165) is 0 Å². The Kier molecular flexibility index (Phi) is 113. The van der Waals surface area contributed by atoms with E-state index in [2.05, 4.69) is 138 Å². The molecule has 9 nitrogen and oxygen atoms in total. The summed E-state index contributed by atoms with van der Waals surface area (Å²) in [4.78, 5) is 0. The molecule has 0 rings (SSSR count). The standard InChI is InChI=1S/2C12H26P.C6H16O3Si.2C6H15O3Si.C4H6.CH4.3CH3.2ClH.2Mg.2Pt.3H/c2*1-10(2,3)13(11(4,5)6)12(7,8)9;3*1-4-7-10(8-5-2)9-6-3;1-3-4-2;;;;;;;;;;;;;/h2*1H2,2-9H3;10H,4-6H2,1-3H3;2*4-6H2,1-3H3;3-4H,1-2H2;1H4;3*1H3;2*1H;;;;;;;/q2*-1;;;;;;3*-1;;;2*+2;;+2;;2*-1. The van der Waals surface area contributed by atoms with E-state index in [4.69, 9.17) is 39.8 Å². The molecule has 0 amide bonds. The third-order valence-corrected chi connectivity index (χ3v) is 20.7. The minimum atomic E-state index is -1.73. The summed E-state index contributed by atoms with van der Waals surface area (Å²) in [5.41, 5.74) is 0. The van der Waals surface area contributed by atoms with Crippen molar-refractivity contribution in [3.63, 3.8) is 0 Å². The molecule has 0 spiro atoms. The zero-order chi connectivity index (χ0) is 49.0. The van der Waals surface area contributed by atoms with Crippen LogP contribution in [-0.4, -0.2) is 165 Å². The van der Waals surface area contributed by atoms with E-state index in [1.54, 1.807) is 12.2 Å². The Morgan fingerprint density at radius 1 is 0.429 bits per heavy atom. The van der Waals surface area contributed by atoms with E-state index >= 15 is 0 Å². The van der Waals surface area contributed by atoms with Gasteiger partial charge in [-0.25, -0.2) is 0 Å². The second-order valence-electron chi connectivity index (χ2n) is 18.7. The molecule has 0 unspecified atom stereocenters. The number of hydrogen-bond donors (Lipinski definition) is 0. The molecule has 0 aromatic heterocycles. The fourth-order valence-corrected chi connectivity index (χ4v) is 23.5. The van der Waals surface area contributed by atoms with Crippen molar-refractivity contribution in [1.82, 2.24) is 0 Å². The normalized spacial score (nSPS) is 10.6. The number of allylic oxidation sites excluding steroid dienone is 2. The maximum atomic E-state index is 5.22. The van der Waals surface area contributed by atoms with Crippen molar-refractivity contribution >= 4 is 90.5 Å². The predicted molar refractivity (Wildman–Crippen MR) is 319 cm³/mol. The van der Waals surface area contributed by atoms with Gasteiger partial charge in [-0.3, -0.25) is 0 Å². The van der Waals surface area contributed by atoms with Crippen LogP contribution in [0.3, 0.4) is 0 Å². The van der Waals surface area contributed by atoms with Gasteiger partial charge in [-0.15, -0.1) is 0 Å². The Hall–Kier alpha value is 4.12. The molecule has 0 aliphatic heterocycles. The zero-order valence-corrected chi connectivity index (χ0v) is 64.6. The number of rotatable bonds is 21. The van der Waals surface area contributed by atoms with Crippen molar-refractivity contribution in [2.75, 3.05) is 59.5 Å². The van der Waals surface area contributed by atoms with Crippen LogP contribution in [0.2, 0.25) is 0 Å². The molecular weight excluding hydrogens is 1400 g/mol. The molecule has 0 saturated heterocycles. The summed E-state index contributed by atoms with van der Waals surface area (Å²) in [5.74, 6) is 0. The van der Waals surface area contributed by atoms with Crippen LogP contribution in [-0.2, 0) is 82.0 Å². The average molecular weight is 1520 g/mol. The first-order chi connectivity index (χ1) is 27.2. The van der Waals surface area contributed by atoms with Gasteiger partial charge in [0, 0.05) is 59.5 Å². The van der Waals surface area contributed by atoms with Gasteiger partial charge in [-0.05, 0) is 172 Å². The molecule has 0 heterocycles. The number of hydrogen-bond acceptors (Lipinski definition) is 9. The van der Waals surface area contributed by atoms with Crippen LogP contribution in [0.25, 0.3) is 0 Å². The molecule has 0 aromatic rings. The van der Waals surface area contributed by atoms with E-state index in [-0.39, 0.29) is 156 Å². The van der Waals surface area contributed by atoms with E-state index < -0.39 is 44.4 Å². The molecule has 0 atom stereocenters. The Morgan fingerprint density at radius 3 is 0.629 bits per heavy atom. The van der Waals surface area contributed by atoms with Crippen molar-refractivity contribution in [1.29, 1.82) is 0 Å². The molecule has 0 fully saturated rings. The van der Waals surface area contributed by atoms with Crippen LogP contribution in [0, 0.1) is 36.1 Å². The maximum absolute atomic E-state index is 5.22. The van der Waals surface area contributed by atoms with Crippen molar-refractivity contribution in [3.05, 3.63) is 61.4 Å². The first-order valence-electron chi connectivity index (χ1n) is 22.3. The summed E-state index contributed by atoms with van der Waals surface area (Å²) >= 11 is 0. The molecule has 0 aromatic carbocycles. The van der Waals surface area contributed by atoms with Gasteiger partial charge in [-0.1, -0.05) is 60.4 Å². The van der Waals surface area contributed by atoms with Crippen LogP contribution < -0.4 is 24.8 Å². The SMILES string of the molecule is C.C=CC=C.CCO[SiH](OCC)OCC.CCO[Si](OCC)OCC.CCO[Si](OCC)OCC.[CH2-]C(C)(C)[PH+](C(C)(C)C)C(C)(C)C.[CH2-]C(C)(C)[PH+](C(C)(C)C)C(C)(C)C.[CH3-].[CH3-].[CH3-].[Cl-].[Cl-].[H-].[H-].[Mg+2].[Mg+2].[Pt+2].[PtH]. The molecule has 0 bridgehead atoms. The van der Waals surface area contributed by atoms with Gasteiger partial charge in [-0.2, -0.15) is 0 Å². The van der Waals surface area contributed by atoms with Crippen LogP contribution in [0.15, 0.2) is 25.3 Å². The molecule has 2 radical (unpaired) electrons. The van der Waals surface area contributed by atoms with Crippen LogP contribution in [0.4, 0.5) is 0 Å². The van der Waals surface area contributed by atoms with Crippen LogP contribution in [0.1, 0.15) is 183 Å². The molecule has 0 saturated carbocycles. The summed E-state index contributed by atoms with van der Waals surface area (Å²) in [6.07, 6.45) is 3.28. The molecular formula is C50H122Cl2Mg2O9P2Pt2Si3-. The van der Waals surface area contributed by atoms with E-state index in [1.807, 2.05) is 62.3 Å². The van der Waals surface area contributed by atoms with Gasteiger partial charge in [0.05, 0.1) is 20.6 Å². The monoisotopic (exact) mass is 1520 g/mol. The Bertz CT molecular complexity index is 792. The second kappa shape index (κ2) is 67.4. The van der Waals surface area contributed by atoms with Gasteiger partial charge >= 0.3 is 117 Å². The van der Waals surface area contributed by atoms with Gasteiger partial charge in [0.25, 0.3) is 0 Å². The first-order valence-corrected chi connectivity index (χ1v) is 29.1. The van der Waals surface area contributed by atoms with Gasteiger partial charge in [0.15, 0.2) is 0 Å². The summed E-state index contributed by atoms with van der Waals surface area (Å²) in [7, 11) is -5.53. The number of halogens is 2. The third kappa shape index (κ3) is 78.6. The third-order valence-electron chi connectivity index (χ3n) is 7.00. The molecule has 70 heavy (non-hydrogen) atoms. The van der Waals surface area contributed by atoms with Gasteiger partial charge in [0.2, 0.25) is 0 Å². The first kappa shape index (κ1) is 117. The fourth-order valence-electron chi connectivity index (χ4n) is 7.82. The van der Waals surface area contributed by atoms with Crippen molar-refractivity contribution in [2.45, 2.75) is 211 Å². The Balaban J connectivity index is -0.0000000299. The molecule has 0 N–H and O–H groups in total. The van der Waals surface area contributed by atoms with Crippen molar-refractivity contribution < 1.29 is 110 Å². The summed E-state index contributed by atoms with van der Waals surface area (Å²) in [6, 6.07) is 0. The van der Waals surface area contributed by atoms with Crippen LogP contribution in [0.5, 0.6) is 0 Å². The Labute approximate surface area is 527 Å². The van der Waals surface area contributed by atoms with E-state index in [1.165, 1.54) is 0 Å². The van der Waals surface area contributed by atoms with E-state index in [9.17, 15) is 0 Å². The van der Waals surface area contributed by atoms with Gasteiger partial charge in [0.1, 0.15) is 0 Å². The second-order valence-corrected chi connectivity index (χ2v) is 33.3. The van der Waals surface area contributed by atoms with E-state index in [0.29, 0.717) is 80.1 Å². The quantitative estimate of drug-likeness (QED) is 0.0488. The molecule has 0 aliphatic carbocycles. The molecule has 20 heteroatoms. The molecule has 0 aliphatic rings. The van der Waals surface area contributed by atoms with Gasteiger partial charge < -0.3 is 104 Å².